The van der Waals surface area contributed by atoms with Crippen molar-refractivity contribution in [1.82, 2.24) is 0 Å². The summed E-state index contributed by atoms with van der Waals surface area (Å²) in [6.45, 7) is 5.57. The number of hydrogen-bond acceptors (Lipinski definition) is 4. The molecule has 17 heavy (non-hydrogen) atoms. The standard InChI is InChI=1S/C13H20O4/c1-4-6-8-12(7-5-2)16-17-13(15)11(3)9-10-14/h12H,4-8H2,1-3H3. The Labute approximate surface area is 102 Å². The smallest absolute Gasteiger partial charge is 0.292 e. The highest BCUT2D eigenvalue weighted by Crippen LogP contribution is 2.12. The molecule has 0 aromatic rings. The summed E-state index contributed by atoms with van der Waals surface area (Å²) in [5.74, 6) is 0.713. The fraction of sp³-hybridized carbons (Fsp3) is 0.692. The molecule has 0 saturated heterocycles. The van der Waals surface area contributed by atoms with Gasteiger partial charge in [-0.3, -0.25) is 4.89 Å². The van der Waals surface area contributed by atoms with Crippen molar-refractivity contribution in [2.45, 2.75) is 59.0 Å². The van der Waals surface area contributed by atoms with Gasteiger partial charge in [-0.1, -0.05) is 33.1 Å². The Morgan fingerprint density at radius 2 is 1.94 bits per heavy atom. The predicted octanol–water partition coefficient (Wildman–Crippen LogP) is 2.75. The van der Waals surface area contributed by atoms with Gasteiger partial charge in [0.25, 0.3) is 0 Å². The second-order valence-corrected chi connectivity index (χ2v) is 3.87. The molecule has 0 fully saturated rings. The monoisotopic (exact) mass is 240 g/mol. The van der Waals surface area contributed by atoms with Crippen molar-refractivity contribution >= 4 is 11.9 Å². The molecule has 0 aromatic heterocycles. The van der Waals surface area contributed by atoms with Crippen LogP contribution in [0.2, 0.25) is 0 Å². The minimum absolute atomic E-state index is 0.0609. The largest absolute Gasteiger partial charge is 0.377 e. The molecular weight excluding hydrogens is 220 g/mol. The van der Waals surface area contributed by atoms with Gasteiger partial charge in [0.05, 0.1) is 5.57 Å². The Balaban J connectivity index is 4.15. The second-order valence-electron chi connectivity index (χ2n) is 3.87. The summed E-state index contributed by atoms with van der Waals surface area (Å²) in [7, 11) is 0. The molecule has 0 spiro atoms. The van der Waals surface area contributed by atoms with Crippen LogP contribution in [0.3, 0.4) is 0 Å². The Bertz CT molecular complexity index is 309. The van der Waals surface area contributed by atoms with E-state index >= 15 is 0 Å². The van der Waals surface area contributed by atoms with E-state index in [0.717, 1.165) is 32.1 Å². The van der Waals surface area contributed by atoms with Crippen LogP contribution in [0.4, 0.5) is 0 Å². The Hall–Kier alpha value is -1.34. The zero-order valence-corrected chi connectivity index (χ0v) is 10.7. The number of rotatable bonds is 8. The van der Waals surface area contributed by atoms with Crippen LogP contribution in [0.25, 0.3) is 0 Å². The van der Waals surface area contributed by atoms with Crippen LogP contribution in [-0.2, 0) is 19.4 Å². The van der Waals surface area contributed by atoms with Gasteiger partial charge in [0.2, 0.25) is 0 Å². The third-order valence-corrected chi connectivity index (χ3v) is 2.29. The first kappa shape index (κ1) is 15.7. The van der Waals surface area contributed by atoms with Gasteiger partial charge in [-0.15, -0.1) is 0 Å². The van der Waals surface area contributed by atoms with E-state index in [1.807, 2.05) is 6.92 Å². The van der Waals surface area contributed by atoms with E-state index in [9.17, 15) is 9.59 Å². The van der Waals surface area contributed by atoms with E-state index in [1.165, 1.54) is 12.9 Å². The SMILES string of the molecule is CCCCC(CCC)OOC(=O)C(C)=C=C=O. The van der Waals surface area contributed by atoms with Gasteiger partial charge in [0.15, 0.2) is 5.94 Å². The summed E-state index contributed by atoms with van der Waals surface area (Å²) in [6, 6.07) is 0. The Morgan fingerprint density at radius 3 is 2.47 bits per heavy atom. The molecule has 0 N–H and O–H groups in total. The highest BCUT2D eigenvalue weighted by molar-refractivity contribution is 5.88. The summed E-state index contributed by atoms with van der Waals surface area (Å²) in [5, 5.41) is 0. The van der Waals surface area contributed by atoms with Crippen molar-refractivity contribution in [3.63, 3.8) is 0 Å². The van der Waals surface area contributed by atoms with Crippen molar-refractivity contribution in [1.29, 1.82) is 0 Å². The molecule has 0 aliphatic heterocycles. The van der Waals surface area contributed by atoms with E-state index in [1.54, 1.807) is 0 Å². The lowest BCUT2D eigenvalue weighted by molar-refractivity contribution is -0.296. The zero-order valence-electron chi connectivity index (χ0n) is 10.7. The summed E-state index contributed by atoms with van der Waals surface area (Å²) in [6.07, 6.45) is 4.71. The van der Waals surface area contributed by atoms with Gasteiger partial charge in [-0.2, -0.15) is 4.89 Å². The molecule has 0 radical (unpaired) electrons. The van der Waals surface area contributed by atoms with Gasteiger partial charge >= 0.3 is 5.97 Å². The third-order valence-electron chi connectivity index (χ3n) is 2.29. The first-order chi connectivity index (χ1) is 8.15. The molecule has 1 unspecified atom stereocenters. The second kappa shape index (κ2) is 9.86. The highest BCUT2D eigenvalue weighted by Gasteiger charge is 2.13. The summed E-state index contributed by atoms with van der Waals surface area (Å²) < 4.78 is 0. The van der Waals surface area contributed by atoms with Crippen molar-refractivity contribution in [3.8, 4) is 0 Å². The lowest BCUT2D eigenvalue weighted by Crippen LogP contribution is -2.16. The maximum Gasteiger partial charge on any atom is 0.377 e. The van der Waals surface area contributed by atoms with Crippen LogP contribution in [0.5, 0.6) is 0 Å². The highest BCUT2D eigenvalue weighted by atomic mass is 17.2. The maximum atomic E-state index is 11.3. The average molecular weight is 240 g/mol. The number of unbranched alkanes of at least 4 members (excludes halogenated alkanes) is 1. The molecule has 0 amide bonds. The molecule has 0 heterocycles. The quantitative estimate of drug-likeness (QED) is 0.215. The first-order valence-electron chi connectivity index (χ1n) is 6.00. The van der Waals surface area contributed by atoms with Crippen LogP contribution in [0.1, 0.15) is 52.9 Å². The maximum absolute atomic E-state index is 11.3. The van der Waals surface area contributed by atoms with Crippen LogP contribution < -0.4 is 0 Å². The molecule has 4 heteroatoms. The number of carbonyl (C=O) groups is 1. The van der Waals surface area contributed by atoms with Crippen molar-refractivity contribution in [2.75, 3.05) is 0 Å². The molecule has 0 aromatic carbocycles. The molecule has 4 nitrogen and oxygen atoms in total. The number of carbonyl (C=O) groups excluding carboxylic acids is 2. The summed E-state index contributed by atoms with van der Waals surface area (Å²) >= 11 is 0. The average Bonchev–Trinajstić information content (AvgIpc) is 2.32. The molecule has 0 aliphatic carbocycles. The minimum Gasteiger partial charge on any atom is -0.292 e. The fourth-order valence-electron chi connectivity index (χ4n) is 1.30. The van der Waals surface area contributed by atoms with E-state index in [-0.39, 0.29) is 11.7 Å². The molecule has 0 aliphatic rings. The van der Waals surface area contributed by atoms with Gasteiger partial charge in [-0.05, 0) is 25.5 Å². The van der Waals surface area contributed by atoms with Crippen molar-refractivity contribution in [2.24, 2.45) is 0 Å². The van der Waals surface area contributed by atoms with Gasteiger partial charge < -0.3 is 0 Å². The van der Waals surface area contributed by atoms with Crippen molar-refractivity contribution in [3.05, 3.63) is 11.3 Å². The van der Waals surface area contributed by atoms with Crippen LogP contribution in [0, 0.1) is 0 Å². The predicted molar refractivity (Wildman–Crippen MR) is 63.8 cm³/mol. The molecule has 0 rings (SSSR count). The van der Waals surface area contributed by atoms with Crippen LogP contribution in [0.15, 0.2) is 11.3 Å². The molecule has 0 bridgehead atoms. The lowest BCUT2D eigenvalue weighted by atomic mass is 10.1. The summed E-state index contributed by atoms with van der Waals surface area (Å²) in [4.78, 5) is 31.0. The normalized spacial score (nSPS) is 11.2. The van der Waals surface area contributed by atoms with E-state index in [0.29, 0.717) is 0 Å². The first-order valence-corrected chi connectivity index (χ1v) is 6.00. The zero-order chi connectivity index (χ0) is 13.1. The number of hydrogen-bond donors (Lipinski definition) is 0. The van der Waals surface area contributed by atoms with E-state index in [4.69, 9.17) is 4.89 Å². The molecule has 1 atom stereocenters. The van der Waals surface area contributed by atoms with Crippen LogP contribution >= 0.6 is 0 Å². The van der Waals surface area contributed by atoms with Crippen LogP contribution in [-0.4, -0.2) is 18.0 Å². The molecular formula is C13H20O4. The van der Waals surface area contributed by atoms with Gasteiger partial charge in [0, 0.05) is 0 Å². The van der Waals surface area contributed by atoms with Gasteiger partial charge in [0.1, 0.15) is 6.10 Å². The lowest BCUT2D eigenvalue weighted by Gasteiger charge is -2.14. The third kappa shape index (κ3) is 7.53. The summed E-state index contributed by atoms with van der Waals surface area (Å²) in [5.41, 5.74) is 2.16. The molecule has 0 saturated carbocycles. The Kier molecular flexibility index (Phi) is 9.08. The van der Waals surface area contributed by atoms with Crippen molar-refractivity contribution < 1.29 is 19.4 Å². The van der Waals surface area contributed by atoms with Gasteiger partial charge in [-0.25, -0.2) is 9.59 Å². The topological polar surface area (TPSA) is 52.6 Å². The Morgan fingerprint density at radius 1 is 1.24 bits per heavy atom. The fourth-order valence-corrected chi connectivity index (χ4v) is 1.30. The molecule has 96 valence electrons. The minimum atomic E-state index is -0.689. The van der Waals surface area contributed by atoms with E-state index in [2.05, 4.69) is 17.5 Å². The van der Waals surface area contributed by atoms with E-state index < -0.39 is 5.97 Å².